The summed E-state index contributed by atoms with van der Waals surface area (Å²) in [4.78, 5) is 16.9. The maximum Gasteiger partial charge on any atom is 0.233 e. The van der Waals surface area contributed by atoms with Crippen molar-refractivity contribution in [1.82, 2.24) is 4.90 Å². The molecule has 1 heterocycles. The molecular formula is C18H18F2N2OS. The number of piperazine rings is 1. The maximum absolute atomic E-state index is 13.8. The van der Waals surface area contributed by atoms with E-state index in [0.717, 1.165) is 4.90 Å². The molecule has 0 bridgehead atoms. The van der Waals surface area contributed by atoms with Crippen molar-refractivity contribution in [3.8, 4) is 0 Å². The number of amides is 1. The fraction of sp³-hybridized carbons (Fsp3) is 0.278. The number of benzene rings is 2. The van der Waals surface area contributed by atoms with E-state index in [9.17, 15) is 13.6 Å². The number of nitrogens with zero attached hydrogens (tertiary/aromatic N) is 2. The second kappa shape index (κ2) is 7.66. The number of halogens is 2. The average Bonchev–Trinajstić information content (AvgIpc) is 2.61. The van der Waals surface area contributed by atoms with Crippen LogP contribution in [-0.2, 0) is 4.79 Å². The first-order valence-corrected chi connectivity index (χ1v) is 8.77. The Labute approximate surface area is 144 Å². The molecule has 3 rings (SSSR count). The van der Waals surface area contributed by atoms with Gasteiger partial charge >= 0.3 is 0 Å². The summed E-state index contributed by atoms with van der Waals surface area (Å²) in [5.41, 5.74) is 0.588. The van der Waals surface area contributed by atoms with Crippen LogP contribution in [0.25, 0.3) is 0 Å². The third kappa shape index (κ3) is 4.06. The fourth-order valence-corrected chi connectivity index (χ4v) is 3.47. The van der Waals surface area contributed by atoms with Crippen LogP contribution in [0, 0.1) is 11.6 Å². The topological polar surface area (TPSA) is 23.6 Å². The van der Waals surface area contributed by atoms with Crippen LogP contribution < -0.4 is 4.90 Å². The van der Waals surface area contributed by atoms with E-state index in [1.54, 1.807) is 29.2 Å². The lowest BCUT2D eigenvalue weighted by molar-refractivity contribution is -0.128. The van der Waals surface area contributed by atoms with Crippen molar-refractivity contribution in [3.05, 3.63) is 60.2 Å². The molecule has 0 unspecified atom stereocenters. The monoisotopic (exact) mass is 348 g/mol. The minimum absolute atomic E-state index is 0.0532. The highest BCUT2D eigenvalue weighted by Gasteiger charge is 2.22. The molecule has 0 N–H and O–H groups in total. The Balaban J connectivity index is 1.50. The van der Waals surface area contributed by atoms with Crippen molar-refractivity contribution in [2.24, 2.45) is 0 Å². The lowest BCUT2D eigenvalue weighted by Crippen LogP contribution is -2.49. The zero-order valence-electron chi connectivity index (χ0n) is 13.1. The second-order valence-corrected chi connectivity index (χ2v) is 6.61. The van der Waals surface area contributed by atoms with Crippen LogP contribution in [0.3, 0.4) is 0 Å². The Morgan fingerprint density at radius 1 is 0.958 bits per heavy atom. The molecule has 3 nitrogen and oxygen atoms in total. The van der Waals surface area contributed by atoms with Crippen molar-refractivity contribution in [2.75, 3.05) is 36.8 Å². The van der Waals surface area contributed by atoms with E-state index < -0.39 is 0 Å². The summed E-state index contributed by atoms with van der Waals surface area (Å²) in [7, 11) is 0. The molecule has 0 spiro atoms. The first-order chi connectivity index (χ1) is 11.6. The third-order valence-electron chi connectivity index (χ3n) is 4.00. The van der Waals surface area contributed by atoms with E-state index in [-0.39, 0.29) is 17.5 Å². The first-order valence-electron chi connectivity index (χ1n) is 7.79. The number of hydrogen-bond acceptors (Lipinski definition) is 3. The van der Waals surface area contributed by atoms with Gasteiger partial charge in [-0.15, -0.1) is 11.8 Å². The zero-order valence-corrected chi connectivity index (χ0v) is 13.9. The molecule has 1 aliphatic heterocycles. The Morgan fingerprint density at radius 3 is 2.29 bits per heavy atom. The molecule has 0 aliphatic carbocycles. The molecule has 0 aromatic heterocycles. The third-order valence-corrected chi connectivity index (χ3v) is 5.00. The van der Waals surface area contributed by atoms with E-state index >= 15 is 0 Å². The van der Waals surface area contributed by atoms with Gasteiger partial charge in [0.05, 0.1) is 11.4 Å². The van der Waals surface area contributed by atoms with Gasteiger partial charge in [-0.2, -0.15) is 0 Å². The summed E-state index contributed by atoms with van der Waals surface area (Å²) in [5, 5.41) is 0. The molecule has 24 heavy (non-hydrogen) atoms. The van der Waals surface area contributed by atoms with E-state index in [1.165, 1.54) is 30.0 Å². The van der Waals surface area contributed by atoms with E-state index in [2.05, 4.69) is 0 Å². The Morgan fingerprint density at radius 2 is 1.62 bits per heavy atom. The van der Waals surface area contributed by atoms with Crippen LogP contribution in [0.15, 0.2) is 53.4 Å². The van der Waals surface area contributed by atoms with Gasteiger partial charge in [0.2, 0.25) is 5.91 Å². The largest absolute Gasteiger partial charge is 0.366 e. The average molecular weight is 348 g/mol. The van der Waals surface area contributed by atoms with Gasteiger partial charge in [0.25, 0.3) is 0 Å². The van der Waals surface area contributed by atoms with E-state index in [0.29, 0.717) is 37.6 Å². The highest BCUT2D eigenvalue weighted by atomic mass is 32.2. The highest BCUT2D eigenvalue weighted by molar-refractivity contribution is 8.00. The summed E-state index contributed by atoms with van der Waals surface area (Å²) >= 11 is 1.40. The molecule has 126 valence electrons. The standard InChI is InChI=1S/C18H18F2N2OS/c19-14-5-7-15(8-6-14)24-13-18(23)22-11-9-21(10-12-22)17-4-2-1-3-16(17)20/h1-8H,9-13H2. The Bertz CT molecular complexity index is 700. The maximum atomic E-state index is 13.8. The van der Waals surface area contributed by atoms with Crippen molar-refractivity contribution >= 4 is 23.4 Å². The normalized spacial score (nSPS) is 14.8. The summed E-state index contributed by atoms with van der Waals surface area (Å²) < 4.78 is 26.7. The molecule has 1 aliphatic rings. The van der Waals surface area contributed by atoms with Gasteiger partial charge in [-0.25, -0.2) is 8.78 Å². The van der Waals surface area contributed by atoms with Crippen LogP contribution in [0.4, 0.5) is 14.5 Å². The van der Waals surface area contributed by atoms with Crippen molar-refractivity contribution in [2.45, 2.75) is 4.90 Å². The predicted molar refractivity (Wildman–Crippen MR) is 92.3 cm³/mol. The molecule has 1 fully saturated rings. The summed E-state index contributed by atoms with van der Waals surface area (Å²) in [6, 6.07) is 12.8. The number of thioether (sulfide) groups is 1. The molecule has 0 atom stereocenters. The molecule has 2 aromatic carbocycles. The van der Waals surface area contributed by atoms with Gasteiger partial charge < -0.3 is 9.80 Å². The molecule has 0 radical (unpaired) electrons. The van der Waals surface area contributed by atoms with Crippen LogP contribution in [-0.4, -0.2) is 42.7 Å². The molecule has 0 saturated carbocycles. The van der Waals surface area contributed by atoms with Gasteiger partial charge in [-0.05, 0) is 36.4 Å². The van der Waals surface area contributed by atoms with Gasteiger partial charge in [0.1, 0.15) is 11.6 Å². The lowest BCUT2D eigenvalue weighted by atomic mass is 10.2. The van der Waals surface area contributed by atoms with Crippen LogP contribution in [0.1, 0.15) is 0 Å². The smallest absolute Gasteiger partial charge is 0.233 e. The van der Waals surface area contributed by atoms with Gasteiger partial charge in [0, 0.05) is 31.1 Å². The van der Waals surface area contributed by atoms with Crippen LogP contribution >= 0.6 is 11.8 Å². The molecule has 2 aromatic rings. The molecule has 1 saturated heterocycles. The number of hydrogen-bond donors (Lipinski definition) is 0. The summed E-state index contributed by atoms with van der Waals surface area (Å²) in [6.45, 7) is 2.40. The molecular weight excluding hydrogens is 330 g/mol. The van der Waals surface area contributed by atoms with Gasteiger partial charge in [0.15, 0.2) is 0 Å². The Kier molecular flexibility index (Phi) is 5.35. The first kappa shape index (κ1) is 16.8. The SMILES string of the molecule is O=C(CSc1ccc(F)cc1)N1CCN(c2ccccc2F)CC1. The zero-order chi connectivity index (χ0) is 16.9. The van der Waals surface area contributed by atoms with Crippen molar-refractivity contribution < 1.29 is 13.6 Å². The van der Waals surface area contributed by atoms with Crippen LogP contribution in [0.2, 0.25) is 0 Å². The summed E-state index contributed by atoms with van der Waals surface area (Å²) in [5.74, 6) is -0.137. The van der Waals surface area contributed by atoms with Gasteiger partial charge in [-0.1, -0.05) is 12.1 Å². The van der Waals surface area contributed by atoms with E-state index in [1.807, 2.05) is 11.0 Å². The number of carbonyl (C=O) groups is 1. The predicted octanol–water partition coefficient (Wildman–Crippen LogP) is 3.41. The lowest BCUT2D eigenvalue weighted by Gasteiger charge is -2.36. The van der Waals surface area contributed by atoms with Gasteiger partial charge in [-0.3, -0.25) is 4.79 Å². The number of para-hydroxylation sites is 1. The minimum Gasteiger partial charge on any atom is -0.366 e. The Hall–Kier alpha value is -2.08. The minimum atomic E-state index is -0.282. The summed E-state index contributed by atoms with van der Waals surface area (Å²) in [6.07, 6.45) is 0. The van der Waals surface area contributed by atoms with Crippen LogP contribution in [0.5, 0.6) is 0 Å². The number of anilines is 1. The fourth-order valence-electron chi connectivity index (χ4n) is 2.67. The molecule has 6 heteroatoms. The molecule has 1 amide bonds. The quantitative estimate of drug-likeness (QED) is 0.791. The van der Waals surface area contributed by atoms with E-state index in [4.69, 9.17) is 0 Å². The highest BCUT2D eigenvalue weighted by Crippen LogP contribution is 2.22. The number of carbonyl (C=O) groups excluding carboxylic acids is 1. The van der Waals surface area contributed by atoms with Crippen molar-refractivity contribution in [3.63, 3.8) is 0 Å². The number of rotatable bonds is 4. The van der Waals surface area contributed by atoms with Crippen molar-refractivity contribution in [1.29, 1.82) is 0 Å². The second-order valence-electron chi connectivity index (χ2n) is 5.56.